The number of benzene rings is 2. The zero-order valence-electron chi connectivity index (χ0n) is 13.9. The highest BCUT2D eigenvalue weighted by molar-refractivity contribution is 9.10. The molecule has 0 aliphatic rings. The Hall–Kier alpha value is -2.45. The van der Waals surface area contributed by atoms with Crippen LogP contribution >= 0.6 is 15.9 Å². The van der Waals surface area contributed by atoms with Gasteiger partial charge in [0.1, 0.15) is 11.2 Å². The van der Waals surface area contributed by atoms with Crippen molar-refractivity contribution < 1.29 is 13.2 Å². The van der Waals surface area contributed by atoms with Crippen molar-refractivity contribution in [1.82, 2.24) is 9.97 Å². The van der Waals surface area contributed by atoms with Crippen molar-refractivity contribution in [3.63, 3.8) is 0 Å². The number of aromatic nitrogens is 2. The summed E-state index contributed by atoms with van der Waals surface area (Å²) >= 11 is 3.23. The number of halogens is 1. The molecule has 0 saturated carbocycles. The molecule has 1 N–H and O–H groups in total. The van der Waals surface area contributed by atoms with E-state index in [2.05, 4.69) is 30.6 Å². The lowest BCUT2D eigenvalue weighted by atomic mass is 10.2. The van der Waals surface area contributed by atoms with E-state index >= 15 is 0 Å². The molecule has 3 rings (SSSR count). The van der Waals surface area contributed by atoms with Gasteiger partial charge in [0.05, 0.1) is 11.1 Å². The summed E-state index contributed by atoms with van der Waals surface area (Å²) in [7, 11) is -3.80. The highest BCUT2D eigenvalue weighted by atomic mass is 79.9. The second-order valence-electron chi connectivity index (χ2n) is 5.54. The van der Waals surface area contributed by atoms with Gasteiger partial charge in [-0.2, -0.15) is 0 Å². The van der Waals surface area contributed by atoms with Crippen molar-refractivity contribution in [3.05, 3.63) is 76.5 Å². The molecule has 0 saturated heterocycles. The summed E-state index contributed by atoms with van der Waals surface area (Å²) in [6.45, 7) is 2.07. The third-order valence-corrected chi connectivity index (χ3v) is 5.18. The molecule has 0 unspecified atom stereocenters. The Morgan fingerprint density at radius 1 is 1.12 bits per heavy atom. The summed E-state index contributed by atoms with van der Waals surface area (Å²) in [6.07, 6.45) is 1.41. The van der Waals surface area contributed by atoms with Crippen LogP contribution in [0, 0.1) is 6.92 Å². The molecule has 0 aliphatic carbocycles. The number of aryl methyl sites for hydroxylation is 1. The third kappa shape index (κ3) is 4.59. The van der Waals surface area contributed by atoms with Crippen LogP contribution < -0.4 is 9.46 Å². The molecule has 8 heteroatoms. The van der Waals surface area contributed by atoms with E-state index in [9.17, 15) is 8.42 Å². The van der Waals surface area contributed by atoms with Crippen LogP contribution in [0.4, 0.5) is 5.82 Å². The van der Waals surface area contributed by atoms with Gasteiger partial charge in [-0.3, -0.25) is 4.72 Å². The van der Waals surface area contributed by atoms with Crippen molar-refractivity contribution in [3.8, 4) is 5.88 Å². The summed E-state index contributed by atoms with van der Waals surface area (Å²) in [5.74, 6) is 0.130. The molecule has 134 valence electrons. The van der Waals surface area contributed by atoms with Gasteiger partial charge in [0, 0.05) is 0 Å². The number of rotatable bonds is 6. The zero-order chi connectivity index (χ0) is 18.6. The Labute approximate surface area is 160 Å². The minimum absolute atomic E-state index is 0.0330. The first kappa shape index (κ1) is 18.3. The summed E-state index contributed by atoms with van der Waals surface area (Å²) in [6, 6.07) is 16.1. The number of sulfonamides is 1. The van der Waals surface area contributed by atoms with Crippen LogP contribution in [0.5, 0.6) is 5.88 Å². The Bertz CT molecular complexity index is 1010. The monoisotopic (exact) mass is 433 g/mol. The second kappa shape index (κ2) is 7.84. The van der Waals surface area contributed by atoms with Gasteiger partial charge in [-0.1, -0.05) is 42.5 Å². The Kier molecular flexibility index (Phi) is 5.53. The van der Waals surface area contributed by atoms with Crippen LogP contribution in [0.3, 0.4) is 0 Å². The molecule has 0 atom stereocenters. The van der Waals surface area contributed by atoms with E-state index < -0.39 is 10.0 Å². The predicted molar refractivity (Wildman–Crippen MR) is 102 cm³/mol. The standard InChI is InChI=1S/C18H16BrN3O3S/c1-13-6-5-9-15(10-13)26(23,24)22-17-18(21-16(19)11-20-17)25-12-14-7-3-2-4-8-14/h2-11H,12H2,1H3,(H,20,22). The molecule has 1 aromatic heterocycles. The lowest BCUT2D eigenvalue weighted by molar-refractivity contribution is 0.294. The number of nitrogens with zero attached hydrogens (tertiary/aromatic N) is 2. The first-order valence-corrected chi connectivity index (χ1v) is 10.0. The summed E-state index contributed by atoms with van der Waals surface area (Å²) < 4.78 is 33.8. The summed E-state index contributed by atoms with van der Waals surface area (Å²) in [5.41, 5.74) is 1.78. The van der Waals surface area contributed by atoms with Gasteiger partial charge in [-0.05, 0) is 46.1 Å². The van der Waals surface area contributed by atoms with E-state index in [1.165, 1.54) is 12.3 Å². The maximum absolute atomic E-state index is 12.6. The molecule has 0 amide bonds. The summed E-state index contributed by atoms with van der Waals surface area (Å²) in [4.78, 5) is 8.44. The predicted octanol–water partition coefficient (Wildman–Crippen LogP) is 3.93. The maximum Gasteiger partial charge on any atom is 0.263 e. The molecule has 6 nitrogen and oxygen atoms in total. The van der Waals surface area contributed by atoms with Crippen molar-refractivity contribution >= 4 is 31.8 Å². The molecular formula is C18H16BrN3O3S. The van der Waals surface area contributed by atoms with Crippen LogP contribution in [0.1, 0.15) is 11.1 Å². The van der Waals surface area contributed by atoms with Crippen LogP contribution in [-0.2, 0) is 16.6 Å². The maximum atomic E-state index is 12.6. The van der Waals surface area contributed by atoms with E-state index in [1.54, 1.807) is 12.1 Å². The van der Waals surface area contributed by atoms with Gasteiger partial charge in [0.25, 0.3) is 15.9 Å². The summed E-state index contributed by atoms with van der Waals surface area (Å²) in [5, 5.41) is 0. The van der Waals surface area contributed by atoms with E-state index in [1.807, 2.05) is 43.3 Å². The molecule has 2 aromatic carbocycles. The minimum atomic E-state index is -3.80. The molecule has 0 radical (unpaired) electrons. The van der Waals surface area contributed by atoms with Crippen molar-refractivity contribution in [1.29, 1.82) is 0 Å². The molecule has 1 heterocycles. The van der Waals surface area contributed by atoms with Crippen LogP contribution in [0.2, 0.25) is 0 Å². The first-order valence-electron chi connectivity index (χ1n) is 7.73. The fourth-order valence-electron chi connectivity index (χ4n) is 2.22. The average molecular weight is 434 g/mol. The van der Waals surface area contributed by atoms with Gasteiger partial charge < -0.3 is 4.74 Å². The van der Waals surface area contributed by atoms with Gasteiger partial charge in [0.15, 0.2) is 0 Å². The van der Waals surface area contributed by atoms with Crippen LogP contribution in [-0.4, -0.2) is 18.4 Å². The van der Waals surface area contributed by atoms with Crippen molar-refractivity contribution in [2.75, 3.05) is 4.72 Å². The van der Waals surface area contributed by atoms with Crippen LogP contribution in [0.25, 0.3) is 0 Å². The highest BCUT2D eigenvalue weighted by Crippen LogP contribution is 2.25. The van der Waals surface area contributed by atoms with Gasteiger partial charge in [-0.25, -0.2) is 18.4 Å². The molecule has 0 bridgehead atoms. The zero-order valence-corrected chi connectivity index (χ0v) is 16.3. The normalized spacial score (nSPS) is 11.2. The van der Waals surface area contributed by atoms with Crippen molar-refractivity contribution in [2.45, 2.75) is 18.4 Å². The molecule has 3 aromatic rings. The Morgan fingerprint density at radius 3 is 2.62 bits per heavy atom. The molecule has 26 heavy (non-hydrogen) atoms. The lowest BCUT2D eigenvalue weighted by Crippen LogP contribution is -2.15. The highest BCUT2D eigenvalue weighted by Gasteiger charge is 2.19. The third-order valence-electron chi connectivity index (χ3n) is 3.46. The van der Waals surface area contributed by atoms with E-state index in [-0.39, 0.29) is 23.2 Å². The largest absolute Gasteiger partial charge is 0.470 e. The number of hydrogen-bond acceptors (Lipinski definition) is 5. The van der Waals surface area contributed by atoms with Gasteiger partial charge >= 0.3 is 0 Å². The number of nitrogens with one attached hydrogen (secondary N) is 1. The number of ether oxygens (including phenoxy) is 1. The van der Waals surface area contributed by atoms with E-state index in [4.69, 9.17) is 4.74 Å². The fourth-order valence-corrected chi connectivity index (χ4v) is 3.59. The molecular weight excluding hydrogens is 418 g/mol. The number of hydrogen-bond donors (Lipinski definition) is 1. The average Bonchev–Trinajstić information content (AvgIpc) is 2.62. The fraction of sp³-hybridized carbons (Fsp3) is 0.111. The second-order valence-corrected chi connectivity index (χ2v) is 8.04. The minimum Gasteiger partial charge on any atom is -0.470 e. The lowest BCUT2D eigenvalue weighted by Gasteiger charge is -2.12. The van der Waals surface area contributed by atoms with Crippen LogP contribution in [0.15, 0.2) is 70.3 Å². The first-order chi connectivity index (χ1) is 12.4. The Morgan fingerprint density at radius 2 is 1.88 bits per heavy atom. The Balaban J connectivity index is 1.85. The number of anilines is 1. The van der Waals surface area contributed by atoms with Gasteiger partial charge in [0.2, 0.25) is 5.82 Å². The van der Waals surface area contributed by atoms with Gasteiger partial charge in [-0.15, -0.1) is 0 Å². The molecule has 0 aliphatic heterocycles. The topological polar surface area (TPSA) is 81.2 Å². The smallest absolute Gasteiger partial charge is 0.263 e. The molecule has 0 spiro atoms. The molecule has 0 fully saturated rings. The van der Waals surface area contributed by atoms with E-state index in [0.717, 1.165) is 11.1 Å². The quantitative estimate of drug-likeness (QED) is 0.636. The SMILES string of the molecule is Cc1cccc(S(=O)(=O)Nc2ncc(Br)nc2OCc2ccccc2)c1. The van der Waals surface area contributed by atoms with Crippen molar-refractivity contribution in [2.24, 2.45) is 0 Å². The van der Waals surface area contributed by atoms with E-state index in [0.29, 0.717) is 4.60 Å².